The Labute approximate surface area is 197 Å². The first-order valence-corrected chi connectivity index (χ1v) is 11.9. The summed E-state index contributed by atoms with van der Waals surface area (Å²) in [6.07, 6.45) is 2.11. The summed E-state index contributed by atoms with van der Waals surface area (Å²) in [5, 5.41) is 2.72. The van der Waals surface area contributed by atoms with Crippen molar-refractivity contribution in [3.05, 3.63) is 97.3 Å². The first kappa shape index (κ1) is 22.9. The molecule has 3 aromatic carbocycles. The highest BCUT2D eigenvalue weighted by Gasteiger charge is 2.18. The summed E-state index contributed by atoms with van der Waals surface area (Å²) in [5.41, 5.74) is 2.58. The summed E-state index contributed by atoms with van der Waals surface area (Å²) in [7, 11) is -3.85. The highest BCUT2D eigenvalue weighted by molar-refractivity contribution is 7.92. The molecule has 1 aromatic heterocycles. The normalized spacial score (nSPS) is 11.9. The van der Waals surface area contributed by atoms with Gasteiger partial charge in [0.1, 0.15) is 5.75 Å². The first-order valence-electron chi connectivity index (χ1n) is 10.4. The quantitative estimate of drug-likeness (QED) is 0.393. The summed E-state index contributed by atoms with van der Waals surface area (Å²) in [6, 6.07) is 24.8. The van der Waals surface area contributed by atoms with Crippen LogP contribution in [0.2, 0.25) is 0 Å². The Hall–Kier alpha value is -4.24. The second-order valence-electron chi connectivity index (χ2n) is 7.34. The van der Waals surface area contributed by atoms with Crippen LogP contribution in [0.4, 0.5) is 11.6 Å². The maximum absolute atomic E-state index is 12.5. The topological polar surface area (TPSA) is 110 Å². The summed E-state index contributed by atoms with van der Waals surface area (Å²) in [6.45, 7) is 1.64. The molecule has 0 unspecified atom stereocenters. The van der Waals surface area contributed by atoms with Crippen LogP contribution < -0.4 is 14.8 Å². The van der Waals surface area contributed by atoms with Gasteiger partial charge in [0.25, 0.3) is 15.9 Å². The van der Waals surface area contributed by atoms with E-state index in [1.807, 2.05) is 54.6 Å². The van der Waals surface area contributed by atoms with Gasteiger partial charge in [-0.15, -0.1) is 0 Å². The Balaban J connectivity index is 1.35. The van der Waals surface area contributed by atoms with Gasteiger partial charge in [-0.05, 0) is 60.5 Å². The van der Waals surface area contributed by atoms with Gasteiger partial charge in [-0.3, -0.25) is 4.79 Å². The van der Waals surface area contributed by atoms with Gasteiger partial charge in [-0.2, -0.15) is 0 Å². The van der Waals surface area contributed by atoms with Gasteiger partial charge in [-0.1, -0.05) is 42.5 Å². The summed E-state index contributed by atoms with van der Waals surface area (Å²) < 4.78 is 33.0. The van der Waals surface area contributed by atoms with Crippen LogP contribution in [0.5, 0.6) is 5.75 Å². The second-order valence-corrected chi connectivity index (χ2v) is 9.02. The van der Waals surface area contributed by atoms with Crippen LogP contribution in [0.25, 0.3) is 11.1 Å². The molecule has 2 N–H and O–H groups in total. The molecule has 0 radical (unpaired) electrons. The molecule has 4 aromatic rings. The van der Waals surface area contributed by atoms with E-state index in [1.54, 1.807) is 13.0 Å². The molecular weight excluding hydrogens is 452 g/mol. The Morgan fingerprint density at radius 3 is 2.09 bits per heavy atom. The van der Waals surface area contributed by atoms with Crippen LogP contribution in [-0.4, -0.2) is 30.4 Å². The number of anilines is 2. The first-order chi connectivity index (χ1) is 16.4. The van der Waals surface area contributed by atoms with Crippen molar-refractivity contribution in [3.8, 4) is 16.9 Å². The minimum atomic E-state index is -3.85. The highest BCUT2D eigenvalue weighted by atomic mass is 32.2. The van der Waals surface area contributed by atoms with Gasteiger partial charge in [-0.25, -0.2) is 23.1 Å². The Kier molecular flexibility index (Phi) is 6.84. The third kappa shape index (κ3) is 5.76. The van der Waals surface area contributed by atoms with Gasteiger partial charge in [0, 0.05) is 18.1 Å². The van der Waals surface area contributed by atoms with Crippen molar-refractivity contribution in [1.82, 2.24) is 9.97 Å². The molecule has 0 spiro atoms. The fourth-order valence-corrected chi connectivity index (χ4v) is 4.06. The minimum absolute atomic E-state index is 0.0146. The molecule has 1 amide bonds. The molecule has 0 bridgehead atoms. The van der Waals surface area contributed by atoms with Crippen LogP contribution in [0.3, 0.4) is 0 Å². The fraction of sp³-hybridized carbons (Fsp3) is 0.0800. The van der Waals surface area contributed by atoms with Gasteiger partial charge in [0.15, 0.2) is 6.10 Å². The zero-order valence-electron chi connectivity index (χ0n) is 18.3. The number of carbonyl (C=O) groups is 1. The zero-order chi connectivity index (χ0) is 24.0. The Morgan fingerprint density at radius 1 is 0.824 bits per heavy atom. The predicted octanol–water partition coefficient (Wildman–Crippen LogP) is 4.35. The lowest BCUT2D eigenvalue weighted by atomic mass is 10.1. The summed E-state index contributed by atoms with van der Waals surface area (Å²) in [5.74, 6) is 0.180. The summed E-state index contributed by atoms with van der Waals surface area (Å²) >= 11 is 0. The Morgan fingerprint density at radius 2 is 1.44 bits per heavy atom. The van der Waals surface area contributed by atoms with E-state index in [9.17, 15) is 13.2 Å². The molecule has 0 fully saturated rings. The summed E-state index contributed by atoms with van der Waals surface area (Å²) in [4.78, 5) is 20.3. The number of nitrogens with one attached hydrogen (secondary N) is 2. The smallest absolute Gasteiger partial charge is 0.265 e. The number of hydrogen-bond acceptors (Lipinski definition) is 6. The van der Waals surface area contributed by atoms with E-state index >= 15 is 0 Å². The van der Waals surface area contributed by atoms with E-state index < -0.39 is 16.1 Å². The van der Waals surface area contributed by atoms with Crippen molar-refractivity contribution >= 4 is 27.6 Å². The van der Waals surface area contributed by atoms with E-state index in [4.69, 9.17) is 4.74 Å². The van der Waals surface area contributed by atoms with Gasteiger partial charge < -0.3 is 10.1 Å². The van der Waals surface area contributed by atoms with Crippen molar-refractivity contribution in [1.29, 1.82) is 0 Å². The Bertz CT molecular complexity index is 1350. The molecular formula is C25H22N4O4S. The molecule has 172 valence electrons. The van der Waals surface area contributed by atoms with E-state index in [0.29, 0.717) is 11.4 Å². The minimum Gasteiger partial charge on any atom is -0.481 e. The van der Waals surface area contributed by atoms with Crippen LogP contribution in [-0.2, 0) is 14.8 Å². The maximum Gasteiger partial charge on any atom is 0.265 e. The molecule has 4 rings (SSSR count). The average molecular weight is 475 g/mol. The fourth-order valence-electron chi connectivity index (χ4n) is 3.11. The number of benzene rings is 3. The lowest BCUT2D eigenvalue weighted by molar-refractivity contribution is -0.122. The molecule has 1 heterocycles. The molecule has 0 saturated carbocycles. The number of carbonyl (C=O) groups excluding carboxylic acids is 1. The number of hydrogen-bond donors (Lipinski definition) is 2. The van der Waals surface area contributed by atoms with Crippen molar-refractivity contribution in [2.75, 3.05) is 10.0 Å². The van der Waals surface area contributed by atoms with Crippen molar-refractivity contribution in [3.63, 3.8) is 0 Å². The van der Waals surface area contributed by atoms with Crippen molar-refractivity contribution in [2.24, 2.45) is 0 Å². The van der Waals surface area contributed by atoms with E-state index in [1.165, 1.54) is 36.7 Å². The lowest BCUT2D eigenvalue weighted by Crippen LogP contribution is -2.30. The van der Waals surface area contributed by atoms with E-state index in [0.717, 1.165) is 11.1 Å². The predicted molar refractivity (Wildman–Crippen MR) is 130 cm³/mol. The number of nitrogens with zero attached hydrogens (tertiary/aromatic N) is 2. The van der Waals surface area contributed by atoms with Crippen molar-refractivity contribution < 1.29 is 17.9 Å². The van der Waals surface area contributed by atoms with Crippen LogP contribution in [0.15, 0.2) is 102 Å². The van der Waals surface area contributed by atoms with Crippen molar-refractivity contribution in [2.45, 2.75) is 17.9 Å². The highest BCUT2D eigenvalue weighted by Crippen LogP contribution is 2.23. The molecule has 0 aliphatic heterocycles. The molecule has 0 saturated heterocycles. The number of amides is 1. The third-order valence-corrected chi connectivity index (χ3v) is 6.21. The van der Waals surface area contributed by atoms with Crippen LogP contribution >= 0.6 is 0 Å². The molecule has 9 heteroatoms. The second kappa shape index (κ2) is 10.1. The molecule has 1 atom stereocenters. The molecule has 8 nitrogen and oxygen atoms in total. The van der Waals surface area contributed by atoms with Gasteiger partial charge >= 0.3 is 0 Å². The zero-order valence-corrected chi connectivity index (χ0v) is 19.1. The number of aromatic nitrogens is 2. The largest absolute Gasteiger partial charge is 0.481 e. The molecule has 34 heavy (non-hydrogen) atoms. The number of rotatable bonds is 8. The number of sulfonamides is 1. The maximum atomic E-state index is 12.5. The SMILES string of the molecule is C[C@@H](Oc1ccc(-c2ccccc2)cc1)C(=O)Nc1ccc(S(=O)(=O)Nc2ncccn2)cc1. The average Bonchev–Trinajstić information content (AvgIpc) is 2.86. The molecule has 0 aliphatic carbocycles. The number of ether oxygens (including phenoxy) is 1. The monoisotopic (exact) mass is 474 g/mol. The van der Waals surface area contributed by atoms with Crippen LogP contribution in [0, 0.1) is 0 Å². The van der Waals surface area contributed by atoms with Crippen LogP contribution in [0.1, 0.15) is 6.92 Å². The van der Waals surface area contributed by atoms with Gasteiger partial charge in [0.2, 0.25) is 5.95 Å². The van der Waals surface area contributed by atoms with Gasteiger partial charge in [0.05, 0.1) is 4.90 Å². The van der Waals surface area contributed by atoms with E-state index in [2.05, 4.69) is 20.0 Å². The third-order valence-electron chi connectivity index (χ3n) is 4.87. The van der Waals surface area contributed by atoms with E-state index in [-0.39, 0.29) is 16.8 Å². The lowest BCUT2D eigenvalue weighted by Gasteiger charge is -2.15. The molecule has 0 aliphatic rings. The standard InChI is InChI=1S/C25H22N4O4S/c1-18(33-22-12-8-20(9-13-22)19-6-3-2-4-7-19)24(30)28-21-10-14-23(15-11-21)34(31,32)29-25-26-16-5-17-27-25/h2-18H,1H3,(H,28,30)(H,26,27,29)/t18-/m1/s1.